The summed E-state index contributed by atoms with van der Waals surface area (Å²) >= 11 is 0. The van der Waals surface area contributed by atoms with Crippen molar-refractivity contribution in [2.45, 2.75) is 50.7 Å². The molecule has 1 N–H and O–H groups in total. The van der Waals surface area contributed by atoms with Crippen LogP contribution in [0.15, 0.2) is 0 Å². The summed E-state index contributed by atoms with van der Waals surface area (Å²) in [7, 11) is -2.98. The van der Waals surface area contributed by atoms with Crippen molar-refractivity contribution in [3.8, 4) is 0 Å². The molecule has 0 unspecified atom stereocenters. The minimum atomic E-state index is -2.98. The van der Waals surface area contributed by atoms with Crippen molar-refractivity contribution in [2.24, 2.45) is 5.41 Å². The Morgan fingerprint density at radius 2 is 2.00 bits per heavy atom. The fourth-order valence-corrected chi connectivity index (χ4v) is 4.44. The zero-order chi connectivity index (χ0) is 10.2. The van der Waals surface area contributed by atoms with Gasteiger partial charge in [-0.15, -0.1) is 0 Å². The Labute approximate surface area is 86.3 Å². The minimum Gasteiger partial charge on any atom is -0.215 e. The molecule has 0 aromatic rings. The van der Waals surface area contributed by atoms with E-state index in [1.807, 2.05) is 6.92 Å². The van der Waals surface area contributed by atoms with E-state index >= 15 is 0 Å². The topological polar surface area (TPSA) is 46.2 Å². The third-order valence-electron chi connectivity index (χ3n) is 3.73. The summed E-state index contributed by atoms with van der Waals surface area (Å²) in [5.74, 6) is 0. The van der Waals surface area contributed by atoms with E-state index in [1.54, 1.807) is 0 Å². The van der Waals surface area contributed by atoms with E-state index in [2.05, 4.69) is 4.72 Å². The summed E-state index contributed by atoms with van der Waals surface area (Å²) in [5, 5.41) is -0.0886. The Kier molecular flexibility index (Phi) is 2.60. The van der Waals surface area contributed by atoms with Gasteiger partial charge in [-0.25, -0.2) is 13.1 Å². The van der Waals surface area contributed by atoms with Crippen LogP contribution in [0.4, 0.5) is 0 Å². The van der Waals surface area contributed by atoms with E-state index in [-0.39, 0.29) is 5.25 Å². The third kappa shape index (κ3) is 1.70. The fourth-order valence-electron chi connectivity index (χ4n) is 2.57. The molecule has 0 aromatic heterocycles. The molecule has 2 aliphatic rings. The Morgan fingerprint density at radius 1 is 1.36 bits per heavy atom. The number of sulfonamides is 1. The van der Waals surface area contributed by atoms with E-state index in [0.29, 0.717) is 12.0 Å². The first-order chi connectivity index (χ1) is 6.58. The normalized spacial score (nSPS) is 25.8. The van der Waals surface area contributed by atoms with Gasteiger partial charge in [0.05, 0.1) is 5.25 Å². The van der Waals surface area contributed by atoms with Crippen LogP contribution in [-0.4, -0.2) is 20.2 Å². The highest BCUT2D eigenvalue weighted by atomic mass is 32.2. The second-order valence-corrected chi connectivity index (χ2v) is 6.87. The lowest BCUT2D eigenvalue weighted by atomic mass is 9.56. The Bertz CT molecular complexity index is 298. The first-order valence-electron chi connectivity index (χ1n) is 5.56. The lowest BCUT2D eigenvalue weighted by molar-refractivity contribution is 0.0347. The van der Waals surface area contributed by atoms with Gasteiger partial charge in [0.15, 0.2) is 0 Å². The van der Waals surface area contributed by atoms with E-state index < -0.39 is 10.0 Å². The largest absolute Gasteiger partial charge is 0.215 e. The highest BCUT2D eigenvalue weighted by Gasteiger charge is 2.52. The third-order valence-corrected chi connectivity index (χ3v) is 5.55. The van der Waals surface area contributed by atoms with Crippen LogP contribution in [0.2, 0.25) is 0 Å². The molecule has 0 atom stereocenters. The maximum absolute atomic E-state index is 11.7. The van der Waals surface area contributed by atoms with Crippen LogP contribution in [0.3, 0.4) is 0 Å². The van der Waals surface area contributed by atoms with Gasteiger partial charge < -0.3 is 0 Å². The second kappa shape index (κ2) is 3.49. The fraction of sp³-hybridized carbons (Fsp3) is 1.00. The number of hydrogen-bond donors (Lipinski definition) is 1. The standard InChI is InChI=1S/C10H19NO2S/c1-2-6-11-14(12,13)9-7-10(8-9)4-3-5-10/h9,11H,2-8H2,1H3. The van der Waals surface area contributed by atoms with Gasteiger partial charge >= 0.3 is 0 Å². The molecule has 0 aromatic carbocycles. The molecule has 2 fully saturated rings. The molecule has 1 spiro atoms. The van der Waals surface area contributed by atoms with Gasteiger partial charge in [0.2, 0.25) is 10.0 Å². The zero-order valence-electron chi connectivity index (χ0n) is 8.75. The molecule has 82 valence electrons. The molecule has 0 saturated heterocycles. The second-order valence-electron chi connectivity index (χ2n) is 4.82. The van der Waals surface area contributed by atoms with Crippen LogP contribution in [0.1, 0.15) is 45.4 Å². The Balaban J connectivity index is 1.85. The Morgan fingerprint density at radius 3 is 2.43 bits per heavy atom. The van der Waals surface area contributed by atoms with Gasteiger partial charge in [0, 0.05) is 6.54 Å². The van der Waals surface area contributed by atoms with Gasteiger partial charge in [0.25, 0.3) is 0 Å². The van der Waals surface area contributed by atoms with Gasteiger partial charge in [-0.3, -0.25) is 0 Å². The van der Waals surface area contributed by atoms with Crippen molar-refractivity contribution in [2.75, 3.05) is 6.54 Å². The molecular weight excluding hydrogens is 198 g/mol. The molecule has 2 aliphatic carbocycles. The van der Waals surface area contributed by atoms with E-state index in [0.717, 1.165) is 19.3 Å². The summed E-state index contributed by atoms with van der Waals surface area (Å²) in [6.07, 6.45) is 6.50. The molecule has 0 radical (unpaired) electrons. The maximum Gasteiger partial charge on any atom is 0.214 e. The lowest BCUT2D eigenvalue weighted by Crippen LogP contribution is -2.52. The molecule has 2 rings (SSSR count). The number of hydrogen-bond acceptors (Lipinski definition) is 2. The summed E-state index contributed by atoms with van der Waals surface area (Å²) in [6.45, 7) is 2.57. The summed E-state index contributed by atoms with van der Waals surface area (Å²) in [4.78, 5) is 0. The van der Waals surface area contributed by atoms with Crippen LogP contribution in [-0.2, 0) is 10.0 Å². The molecule has 2 saturated carbocycles. The van der Waals surface area contributed by atoms with Crippen molar-refractivity contribution in [3.63, 3.8) is 0 Å². The van der Waals surface area contributed by atoms with Gasteiger partial charge in [-0.1, -0.05) is 13.3 Å². The van der Waals surface area contributed by atoms with E-state index in [9.17, 15) is 8.42 Å². The van der Waals surface area contributed by atoms with Crippen LogP contribution in [0, 0.1) is 5.41 Å². The molecule has 4 heteroatoms. The van der Waals surface area contributed by atoms with Crippen molar-refractivity contribution < 1.29 is 8.42 Å². The number of nitrogens with one attached hydrogen (secondary N) is 1. The molecule has 0 bridgehead atoms. The minimum absolute atomic E-state index is 0.0886. The lowest BCUT2D eigenvalue weighted by Gasteiger charge is -2.53. The summed E-state index contributed by atoms with van der Waals surface area (Å²) in [5.41, 5.74) is 0.450. The molecular formula is C10H19NO2S. The Hall–Kier alpha value is -0.0900. The van der Waals surface area contributed by atoms with E-state index in [1.165, 1.54) is 19.3 Å². The van der Waals surface area contributed by atoms with E-state index in [4.69, 9.17) is 0 Å². The van der Waals surface area contributed by atoms with Crippen molar-refractivity contribution in [1.82, 2.24) is 4.72 Å². The van der Waals surface area contributed by atoms with Crippen molar-refractivity contribution in [3.05, 3.63) is 0 Å². The maximum atomic E-state index is 11.7. The molecule has 0 amide bonds. The summed E-state index contributed by atoms with van der Waals surface area (Å²) in [6, 6.07) is 0. The van der Waals surface area contributed by atoms with Crippen LogP contribution < -0.4 is 4.72 Å². The molecule has 0 heterocycles. The average Bonchev–Trinajstić information content (AvgIpc) is 1.95. The van der Waals surface area contributed by atoms with Crippen molar-refractivity contribution in [1.29, 1.82) is 0 Å². The molecule has 3 nitrogen and oxygen atoms in total. The molecule has 14 heavy (non-hydrogen) atoms. The van der Waals surface area contributed by atoms with Crippen LogP contribution >= 0.6 is 0 Å². The summed E-state index contributed by atoms with van der Waals surface area (Å²) < 4.78 is 26.0. The van der Waals surface area contributed by atoms with Gasteiger partial charge in [0.1, 0.15) is 0 Å². The zero-order valence-corrected chi connectivity index (χ0v) is 9.57. The van der Waals surface area contributed by atoms with Crippen molar-refractivity contribution >= 4 is 10.0 Å². The highest BCUT2D eigenvalue weighted by Crippen LogP contribution is 2.57. The smallest absolute Gasteiger partial charge is 0.214 e. The van der Waals surface area contributed by atoms with Gasteiger partial charge in [-0.2, -0.15) is 0 Å². The van der Waals surface area contributed by atoms with Gasteiger partial charge in [-0.05, 0) is 37.5 Å². The molecule has 0 aliphatic heterocycles. The predicted molar refractivity (Wildman–Crippen MR) is 56.5 cm³/mol. The SMILES string of the molecule is CCCNS(=O)(=O)C1CC2(CCC2)C1. The van der Waals surface area contributed by atoms with Crippen LogP contribution in [0.25, 0.3) is 0 Å². The average molecular weight is 217 g/mol. The quantitative estimate of drug-likeness (QED) is 0.778. The first kappa shape index (κ1) is 10.4. The number of rotatable bonds is 4. The highest BCUT2D eigenvalue weighted by molar-refractivity contribution is 7.90. The predicted octanol–water partition coefficient (Wildman–Crippen LogP) is 1.65. The van der Waals surface area contributed by atoms with Crippen LogP contribution in [0.5, 0.6) is 0 Å². The monoisotopic (exact) mass is 217 g/mol. The first-order valence-corrected chi connectivity index (χ1v) is 7.11.